The third-order valence-electron chi connectivity index (χ3n) is 3.15. The van der Waals surface area contributed by atoms with Gasteiger partial charge in [0, 0.05) is 32.4 Å². The first-order chi connectivity index (χ1) is 7.86. The number of carbonyl (C=O) groups is 1. The monoisotopic (exact) mass is 218 g/mol. The number of anilines is 1. The number of hydrogen-bond donors (Lipinski definition) is 2. The molecule has 1 unspecified atom stereocenters. The minimum absolute atomic E-state index is 0.0162. The maximum atomic E-state index is 11.9. The Morgan fingerprint density at radius 2 is 2.38 bits per heavy atom. The summed E-state index contributed by atoms with van der Waals surface area (Å²) < 4.78 is 0. The van der Waals surface area contributed by atoms with Gasteiger partial charge in [-0.05, 0) is 12.1 Å². The number of nitrogens with zero attached hydrogens (tertiary/aromatic N) is 2. The van der Waals surface area contributed by atoms with Crippen molar-refractivity contribution in [1.29, 1.82) is 0 Å². The van der Waals surface area contributed by atoms with E-state index in [-0.39, 0.29) is 5.91 Å². The average molecular weight is 218 g/mol. The van der Waals surface area contributed by atoms with Crippen molar-refractivity contribution in [2.45, 2.75) is 6.04 Å². The van der Waals surface area contributed by atoms with Crippen LogP contribution < -0.4 is 15.5 Å². The molecule has 5 nitrogen and oxygen atoms in total. The summed E-state index contributed by atoms with van der Waals surface area (Å²) in [5.74, 6) is 0.807. The smallest absolute Gasteiger partial charge is 0.255 e. The Kier molecular flexibility index (Phi) is 2.25. The third-order valence-corrected chi connectivity index (χ3v) is 3.15. The zero-order chi connectivity index (χ0) is 11.0. The van der Waals surface area contributed by atoms with Gasteiger partial charge in [-0.25, -0.2) is 4.98 Å². The molecule has 2 aliphatic rings. The summed E-state index contributed by atoms with van der Waals surface area (Å²) in [6, 6.07) is 3.96. The molecule has 5 heteroatoms. The normalized spacial score (nSPS) is 24.1. The Hall–Kier alpha value is -1.62. The van der Waals surface area contributed by atoms with Crippen LogP contribution >= 0.6 is 0 Å². The standard InChI is InChI=1S/C11H14N4O/c16-11-9-2-1-3-13-10(9)15-5-4-12-6-8(15)7-14-11/h1-3,8,12H,4-7H2,(H,14,16). The van der Waals surface area contributed by atoms with Gasteiger partial charge in [-0.15, -0.1) is 0 Å². The highest BCUT2D eigenvalue weighted by atomic mass is 16.1. The molecular weight excluding hydrogens is 204 g/mol. The molecule has 2 aliphatic heterocycles. The lowest BCUT2D eigenvalue weighted by molar-refractivity contribution is 0.0955. The summed E-state index contributed by atoms with van der Waals surface area (Å²) in [4.78, 5) is 18.4. The highest BCUT2D eigenvalue weighted by Crippen LogP contribution is 2.22. The molecule has 2 N–H and O–H groups in total. The lowest BCUT2D eigenvalue weighted by Gasteiger charge is -2.35. The van der Waals surface area contributed by atoms with Gasteiger partial charge in [-0.2, -0.15) is 0 Å². The number of carbonyl (C=O) groups excluding carboxylic acids is 1. The summed E-state index contributed by atoms with van der Waals surface area (Å²) in [6.45, 7) is 3.43. The zero-order valence-electron chi connectivity index (χ0n) is 8.94. The van der Waals surface area contributed by atoms with E-state index in [4.69, 9.17) is 0 Å². The van der Waals surface area contributed by atoms with Gasteiger partial charge in [-0.1, -0.05) is 0 Å². The summed E-state index contributed by atoms with van der Waals surface area (Å²) in [5.41, 5.74) is 0.687. The van der Waals surface area contributed by atoms with E-state index in [0.717, 1.165) is 25.5 Å². The highest BCUT2D eigenvalue weighted by Gasteiger charge is 2.30. The largest absolute Gasteiger partial charge is 0.350 e. The van der Waals surface area contributed by atoms with Crippen molar-refractivity contribution in [3.05, 3.63) is 23.9 Å². The van der Waals surface area contributed by atoms with Crippen molar-refractivity contribution in [3.8, 4) is 0 Å². The molecule has 1 atom stereocenters. The van der Waals surface area contributed by atoms with Crippen molar-refractivity contribution >= 4 is 11.7 Å². The fourth-order valence-corrected chi connectivity index (χ4v) is 2.33. The molecule has 1 aromatic heterocycles. The molecule has 0 bridgehead atoms. The number of pyridine rings is 1. The van der Waals surface area contributed by atoms with E-state index in [1.54, 1.807) is 12.3 Å². The van der Waals surface area contributed by atoms with E-state index in [1.165, 1.54) is 0 Å². The predicted molar refractivity (Wildman–Crippen MR) is 60.6 cm³/mol. The second-order valence-electron chi connectivity index (χ2n) is 4.14. The second-order valence-corrected chi connectivity index (χ2v) is 4.14. The van der Waals surface area contributed by atoms with Crippen molar-refractivity contribution in [2.75, 3.05) is 31.1 Å². The van der Waals surface area contributed by atoms with Gasteiger partial charge in [-0.3, -0.25) is 4.79 Å². The van der Waals surface area contributed by atoms with Crippen molar-refractivity contribution in [3.63, 3.8) is 0 Å². The number of piperazine rings is 1. The van der Waals surface area contributed by atoms with E-state index in [1.807, 2.05) is 6.07 Å². The van der Waals surface area contributed by atoms with E-state index in [9.17, 15) is 4.79 Å². The summed E-state index contributed by atoms with van der Waals surface area (Å²) in [7, 11) is 0. The third kappa shape index (κ3) is 1.44. The molecule has 1 aromatic rings. The summed E-state index contributed by atoms with van der Waals surface area (Å²) >= 11 is 0. The van der Waals surface area contributed by atoms with Gasteiger partial charge >= 0.3 is 0 Å². The number of nitrogens with one attached hydrogen (secondary N) is 2. The van der Waals surface area contributed by atoms with Crippen LogP contribution in [-0.4, -0.2) is 43.1 Å². The van der Waals surface area contributed by atoms with Gasteiger partial charge in [0.05, 0.1) is 11.6 Å². The van der Waals surface area contributed by atoms with E-state index in [2.05, 4.69) is 20.5 Å². The Balaban J connectivity index is 2.06. The van der Waals surface area contributed by atoms with Crippen LogP contribution in [0.5, 0.6) is 0 Å². The van der Waals surface area contributed by atoms with Crippen LogP contribution in [0.15, 0.2) is 18.3 Å². The number of hydrogen-bond acceptors (Lipinski definition) is 4. The molecule has 3 heterocycles. The molecule has 0 aromatic carbocycles. The molecule has 0 spiro atoms. The first-order valence-corrected chi connectivity index (χ1v) is 5.57. The van der Waals surface area contributed by atoms with Crippen LogP contribution in [0.2, 0.25) is 0 Å². The fourth-order valence-electron chi connectivity index (χ4n) is 2.33. The molecule has 0 radical (unpaired) electrons. The lowest BCUT2D eigenvalue weighted by atomic mass is 10.2. The molecule has 0 saturated carbocycles. The van der Waals surface area contributed by atoms with Crippen LogP contribution in [0.25, 0.3) is 0 Å². The van der Waals surface area contributed by atoms with Crippen molar-refractivity contribution in [2.24, 2.45) is 0 Å². The molecule has 1 amide bonds. The topological polar surface area (TPSA) is 57.3 Å². The molecule has 84 valence electrons. The van der Waals surface area contributed by atoms with E-state index in [0.29, 0.717) is 18.2 Å². The van der Waals surface area contributed by atoms with Gasteiger partial charge in [0.2, 0.25) is 0 Å². The van der Waals surface area contributed by atoms with Crippen molar-refractivity contribution < 1.29 is 4.79 Å². The Morgan fingerprint density at radius 1 is 1.44 bits per heavy atom. The minimum Gasteiger partial charge on any atom is -0.350 e. The average Bonchev–Trinajstić information content (AvgIpc) is 2.49. The summed E-state index contributed by atoms with van der Waals surface area (Å²) in [5, 5.41) is 6.28. The van der Waals surface area contributed by atoms with Gasteiger partial charge < -0.3 is 15.5 Å². The first kappa shape index (κ1) is 9.59. The van der Waals surface area contributed by atoms with Crippen LogP contribution in [0.1, 0.15) is 10.4 Å². The molecule has 3 rings (SSSR count). The highest BCUT2D eigenvalue weighted by molar-refractivity contribution is 5.99. The molecule has 1 fully saturated rings. The fraction of sp³-hybridized carbons (Fsp3) is 0.455. The quantitative estimate of drug-likeness (QED) is 0.622. The Morgan fingerprint density at radius 3 is 3.31 bits per heavy atom. The maximum absolute atomic E-state index is 11.9. The summed E-state index contributed by atoms with van der Waals surface area (Å²) in [6.07, 6.45) is 1.75. The SMILES string of the molecule is O=C1NCC2CNCCN2c2ncccc21. The van der Waals surface area contributed by atoms with Crippen LogP contribution in [0, 0.1) is 0 Å². The maximum Gasteiger partial charge on any atom is 0.255 e. The van der Waals surface area contributed by atoms with Crippen LogP contribution in [-0.2, 0) is 0 Å². The number of fused-ring (bicyclic) bond motifs is 3. The Labute approximate surface area is 93.9 Å². The second kappa shape index (κ2) is 3.75. The molecular formula is C11H14N4O. The predicted octanol–water partition coefficient (Wildman–Crippen LogP) is -0.397. The van der Waals surface area contributed by atoms with Crippen LogP contribution in [0.4, 0.5) is 5.82 Å². The lowest BCUT2D eigenvalue weighted by Crippen LogP contribution is -2.54. The number of aromatic nitrogens is 1. The van der Waals surface area contributed by atoms with Gasteiger partial charge in [0.15, 0.2) is 0 Å². The van der Waals surface area contributed by atoms with Gasteiger partial charge in [0.25, 0.3) is 5.91 Å². The molecule has 16 heavy (non-hydrogen) atoms. The van der Waals surface area contributed by atoms with E-state index < -0.39 is 0 Å². The first-order valence-electron chi connectivity index (χ1n) is 5.57. The molecule has 0 aliphatic carbocycles. The number of rotatable bonds is 0. The minimum atomic E-state index is -0.0162. The Bertz CT molecular complexity index is 420. The van der Waals surface area contributed by atoms with Crippen LogP contribution in [0.3, 0.4) is 0 Å². The van der Waals surface area contributed by atoms with Gasteiger partial charge in [0.1, 0.15) is 5.82 Å². The molecule has 1 saturated heterocycles. The number of amides is 1. The zero-order valence-corrected chi connectivity index (χ0v) is 8.94. The van der Waals surface area contributed by atoms with Crippen molar-refractivity contribution in [1.82, 2.24) is 15.6 Å². The van der Waals surface area contributed by atoms with E-state index >= 15 is 0 Å².